The molecule has 4 aliphatic rings. The van der Waals surface area contributed by atoms with Gasteiger partial charge in [0.1, 0.15) is 0 Å². The highest BCUT2D eigenvalue weighted by Crippen LogP contribution is 2.53. The van der Waals surface area contributed by atoms with Gasteiger partial charge >= 0.3 is 12.4 Å². The molecule has 0 spiro atoms. The second-order valence-corrected chi connectivity index (χ2v) is 5.70. The van der Waals surface area contributed by atoms with E-state index in [2.05, 4.69) is 4.74 Å². The van der Waals surface area contributed by atoms with Crippen LogP contribution in [0.25, 0.3) is 0 Å². The minimum Gasteiger partial charge on any atom is -0.465 e. The molecule has 4 heteroatoms. The van der Waals surface area contributed by atoms with E-state index in [1.54, 1.807) is 38.5 Å². The fourth-order valence-electron chi connectivity index (χ4n) is 4.07. The normalized spacial score (nSPS) is 37.6. The average Bonchev–Trinajstić information content (AvgIpc) is 2.26. The zero-order valence-electron chi connectivity index (χ0n) is 10.2. The van der Waals surface area contributed by atoms with Crippen LogP contribution in [0, 0.1) is 23.7 Å². The van der Waals surface area contributed by atoms with E-state index in [9.17, 15) is 13.6 Å². The first-order valence-corrected chi connectivity index (χ1v) is 6.44. The third-order valence-electron chi connectivity index (χ3n) is 4.38. The average molecular weight is 246 g/mol. The van der Waals surface area contributed by atoms with Crippen LogP contribution in [0.3, 0.4) is 0 Å². The molecule has 0 heterocycles. The Hall–Kier alpha value is -0.670. The fourth-order valence-corrected chi connectivity index (χ4v) is 4.07. The predicted octanol–water partition coefficient (Wildman–Crippen LogP) is 3.26. The van der Waals surface area contributed by atoms with Crippen molar-refractivity contribution in [2.45, 2.75) is 45.0 Å². The number of ether oxygens (including phenoxy) is 1. The van der Waals surface area contributed by atoms with Crippen LogP contribution in [0.1, 0.15) is 38.5 Å². The quantitative estimate of drug-likeness (QED) is 0.664. The molecule has 2 nitrogen and oxygen atoms in total. The number of rotatable bonds is 1. The van der Waals surface area contributed by atoms with E-state index >= 15 is 0 Å². The van der Waals surface area contributed by atoms with Gasteiger partial charge in [0.25, 0.3) is 0 Å². The Morgan fingerprint density at radius 3 is 1.35 bits per heavy atom. The van der Waals surface area contributed by atoms with Crippen molar-refractivity contribution < 1.29 is 18.3 Å². The highest BCUT2D eigenvalue weighted by molar-refractivity contribution is 5.72. The molecule has 0 unspecified atom stereocenters. The van der Waals surface area contributed by atoms with Crippen LogP contribution in [-0.2, 0) is 9.53 Å². The molecule has 0 radical (unpaired) electrons. The predicted molar refractivity (Wildman–Crippen MR) is 59.7 cm³/mol. The molecule has 0 aromatic heterocycles. The Balaban J connectivity index is 0.000000139. The van der Waals surface area contributed by atoms with E-state index in [0.29, 0.717) is 0 Å². The molecule has 0 saturated heterocycles. The standard InChI is InChI=1S/C10H16.C3H4F2O2/c1-7-2-9-4-8(1)5-10(3-7)6-9;1-7-3(6)2(4)5/h7-10H,1-6H2;2H,1H3. The van der Waals surface area contributed by atoms with Crippen molar-refractivity contribution in [1.29, 1.82) is 0 Å². The first-order valence-electron chi connectivity index (χ1n) is 6.44. The van der Waals surface area contributed by atoms with Gasteiger partial charge in [-0.1, -0.05) is 0 Å². The minimum atomic E-state index is -3.00. The minimum absolute atomic E-state index is 0.911. The molecule has 4 bridgehead atoms. The summed E-state index contributed by atoms with van der Waals surface area (Å²) in [5, 5.41) is 0. The lowest BCUT2D eigenvalue weighted by molar-refractivity contribution is -0.153. The lowest BCUT2D eigenvalue weighted by Crippen LogP contribution is -2.38. The van der Waals surface area contributed by atoms with Gasteiger partial charge in [0.2, 0.25) is 0 Å². The monoisotopic (exact) mass is 246 g/mol. The zero-order chi connectivity index (χ0) is 12.4. The van der Waals surface area contributed by atoms with Crippen molar-refractivity contribution >= 4 is 5.97 Å². The van der Waals surface area contributed by atoms with Crippen LogP contribution in [0.2, 0.25) is 0 Å². The molecular formula is C13H20F2O2. The third-order valence-corrected chi connectivity index (χ3v) is 4.38. The maximum atomic E-state index is 11.0. The zero-order valence-corrected chi connectivity index (χ0v) is 10.2. The molecule has 17 heavy (non-hydrogen) atoms. The Morgan fingerprint density at radius 2 is 1.24 bits per heavy atom. The first kappa shape index (κ1) is 12.8. The Kier molecular flexibility index (Phi) is 4.00. The van der Waals surface area contributed by atoms with Gasteiger partial charge in [-0.3, -0.25) is 0 Å². The van der Waals surface area contributed by atoms with Gasteiger partial charge in [0.15, 0.2) is 0 Å². The van der Waals surface area contributed by atoms with E-state index in [0.717, 1.165) is 7.11 Å². The molecule has 0 atom stereocenters. The molecule has 0 amide bonds. The third kappa shape index (κ3) is 3.17. The molecule has 0 aromatic rings. The number of carbonyl (C=O) groups is 1. The lowest BCUT2D eigenvalue weighted by Gasteiger charge is -2.49. The SMILES string of the molecule is C1C2CC3CC1CC(C2)C3.COC(=O)C(F)F. The summed E-state index contributed by atoms with van der Waals surface area (Å²) < 4.78 is 25.5. The van der Waals surface area contributed by atoms with Gasteiger partial charge in [-0.25, -0.2) is 4.79 Å². The summed E-state index contributed by atoms with van der Waals surface area (Å²) in [5.74, 6) is 3.22. The van der Waals surface area contributed by atoms with Crippen molar-refractivity contribution in [1.82, 2.24) is 0 Å². The molecule has 98 valence electrons. The van der Waals surface area contributed by atoms with Crippen LogP contribution in [-0.4, -0.2) is 19.5 Å². The summed E-state index contributed by atoms with van der Waals surface area (Å²) in [6, 6.07) is 0. The summed E-state index contributed by atoms with van der Waals surface area (Å²) in [7, 11) is 0.911. The molecular weight excluding hydrogens is 226 g/mol. The van der Waals surface area contributed by atoms with Gasteiger partial charge in [-0.15, -0.1) is 0 Å². The summed E-state index contributed by atoms with van der Waals surface area (Å²) >= 11 is 0. The highest BCUT2D eigenvalue weighted by Gasteiger charge is 2.41. The van der Waals surface area contributed by atoms with Crippen molar-refractivity contribution in [3.05, 3.63) is 0 Å². The van der Waals surface area contributed by atoms with Crippen LogP contribution >= 0.6 is 0 Å². The van der Waals surface area contributed by atoms with E-state index in [1.165, 1.54) is 23.7 Å². The number of hydrogen-bond donors (Lipinski definition) is 0. The number of esters is 1. The van der Waals surface area contributed by atoms with Crippen LogP contribution < -0.4 is 0 Å². The van der Waals surface area contributed by atoms with Crippen LogP contribution in [0.4, 0.5) is 8.78 Å². The number of carbonyl (C=O) groups excluding carboxylic acids is 1. The summed E-state index contributed by atoms with van der Waals surface area (Å²) in [5.41, 5.74) is 0. The molecule has 4 aliphatic carbocycles. The molecule has 0 N–H and O–H groups in total. The molecule has 4 fully saturated rings. The van der Waals surface area contributed by atoms with Gasteiger partial charge in [-0.2, -0.15) is 8.78 Å². The molecule has 0 aromatic carbocycles. The maximum Gasteiger partial charge on any atom is 0.373 e. The largest absolute Gasteiger partial charge is 0.465 e. The highest BCUT2D eigenvalue weighted by atomic mass is 19.3. The summed E-state index contributed by atoms with van der Waals surface area (Å²) in [4.78, 5) is 9.54. The van der Waals surface area contributed by atoms with E-state index in [4.69, 9.17) is 0 Å². The van der Waals surface area contributed by atoms with Crippen LogP contribution in [0.15, 0.2) is 0 Å². The number of methoxy groups -OCH3 is 1. The molecule has 0 aliphatic heterocycles. The molecule has 4 rings (SSSR count). The number of halogens is 2. The van der Waals surface area contributed by atoms with Gasteiger partial charge in [0, 0.05) is 0 Å². The summed E-state index contributed by atoms with van der Waals surface area (Å²) in [6.07, 6.45) is 6.63. The second kappa shape index (κ2) is 5.32. The maximum absolute atomic E-state index is 11.0. The van der Waals surface area contributed by atoms with Crippen molar-refractivity contribution in [2.24, 2.45) is 23.7 Å². The van der Waals surface area contributed by atoms with Crippen molar-refractivity contribution in [3.8, 4) is 0 Å². The Morgan fingerprint density at radius 1 is 0.941 bits per heavy atom. The fraction of sp³-hybridized carbons (Fsp3) is 0.923. The van der Waals surface area contributed by atoms with Crippen LogP contribution in [0.5, 0.6) is 0 Å². The smallest absolute Gasteiger partial charge is 0.373 e. The number of alkyl halides is 2. The van der Waals surface area contributed by atoms with E-state index < -0.39 is 12.4 Å². The van der Waals surface area contributed by atoms with E-state index in [-0.39, 0.29) is 0 Å². The number of hydrogen-bond acceptors (Lipinski definition) is 2. The Bertz CT molecular complexity index is 222. The molecule has 4 saturated carbocycles. The lowest BCUT2D eigenvalue weighted by atomic mass is 9.56. The van der Waals surface area contributed by atoms with Gasteiger partial charge in [0.05, 0.1) is 7.11 Å². The summed E-state index contributed by atoms with van der Waals surface area (Å²) in [6.45, 7) is 0. The Labute approximate surface area is 101 Å². The van der Waals surface area contributed by atoms with E-state index in [1.807, 2.05) is 0 Å². The van der Waals surface area contributed by atoms with Crippen molar-refractivity contribution in [2.75, 3.05) is 7.11 Å². The first-order chi connectivity index (χ1) is 8.08. The van der Waals surface area contributed by atoms with Crippen molar-refractivity contribution in [3.63, 3.8) is 0 Å². The topological polar surface area (TPSA) is 26.3 Å². The van der Waals surface area contributed by atoms with Gasteiger partial charge < -0.3 is 4.74 Å². The second-order valence-electron chi connectivity index (χ2n) is 5.70. The van der Waals surface area contributed by atoms with Gasteiger partial charge in [-0.05, 0) is 62.2 Å².